The van der Waals surface area contributed by atoms with E-state index in [0.29, 0.717) is 24.3 Å². The second kappa shape index (κ2) is 4.45. The van der Waals surface area contributed by atoms with Crippen LogP contribution in [-0.4, -0.2) is 9.55 Å². The summed E-state index contributed by atoms with van der Waals surface area (Å²) in [6, 6.07) is 7.37. The number of hydrogen-bond acceptors (Lipinski definition) is 3. The van der Waals surface area contributed by atoms with Crippen LogP contribution in [0.4, 0.5) is 0 Å². The summed E-state index contributed by atoms with van der Waals surface area (Å²) in [7, 11) is 0. The zero-order valence-electron chi connectivity index (χ0n) is 9.31. The lowest BCUT2D eigenvalue weighted by molar-refractivity contribution is 0.606. The summed E-state index contributed by atoms with van der Waals surface area (Å²) in [5, 5.41) is 0.660. The van der Waals surface area contributed by atoms with E-state index < -0.39 is 0 Å². The van der Waals surface area contributed by atoms with E-state index in [4.69, 9.17) is 5.73 Å². The highest BCUT2D eigenvalue weighted by molar-refractivity contribution is 5.77. The van der Waals surface area contributed by atoms with Gasteiger partial charge in [0.25, 0.3) is 5.56 Å². The predicted octanol–water partition coefficient (Wildman–Crippen LogP) is 1.27. The molecule has 0 spiro atoms. The molecule has 2 aromatic rings. The Kier molecular flexibility index (Phi) is 3.01. The fourth-order valence-electron chi connectivity index (χ4n) is 1.82. The third-order valence-electron chi connectivity index (χ3n) is 2.57. The number of aromatic nitrogens is 2. The fourth-order valence-corrected chi connectivity index (χ4v) is 1.82. The topological polar surface area (TPSA) is 60.9 Å². The molecule has 0 atom stereocenters. The Hall–Kier alpha value is -1.68. The van der Waals surface area contributed by atoms with Crippen LogP contribution in [0.15, 0.2) is 29.1 Å². The van der Waals surface area contributed by atoms with Crippen molar-refractivity contribution in [3.05, 3.63) is 40.4 Å². The van der Waals surface area contributed by atoms with Gasteiger partial charge in [-0.1, -0.05) is 19.1 Å². The molecule has 1 aromatic carbocycles. The zero-order valence-corrected chi connectivity index (χ0v) is 9.31. The molecule has 1 heterocycles. The fraction of sp³-hybridized carbons (Fsp3) is 0.333. The zero-order chi connectivity index (χ0) is 11.5. The van der Waals surface area contributed by atoms with E-state index in [0.717, 1.165) is 11.9 Å². The first kappa shape index (κ1) is 10.8. The Morgan fingerprint density at radius 2 is 2.12 bits per heavy atom. The van der Waals surface area contributed by atoms with Crippen LogP contribution in [-0.2, 0) is 13.1 Å². The molecule has 0 amide bonds. The van der Waals surface area contributed by atoms with Crippen LogP contribution in [0.25, 0.3) is 10.9 Å². The molecule has 2 N–H and O–H groups in total. The van der Waals surface area contributed by atoms with E-state index in [-0.39, 0.29) is 5.56 Å². The molecule has 16 heavy (non-hydrogen) atoms. The van der Waals surface area contributed by atoms with Crippen LogP contribution in [0.5, 0.6) is 0 Å². The van der Waals surface area contributed by atoms with Gasteiger partial charge in [-0.15, -0.1) is 0 Å². The minimum absolute atomic E-state index is 0.00731. The van der Waals surface area contributed by atoms with E-state index in [1.807, 2.05) is 25.1 Å². The molecule has 4 heteroatoms. The van der Waals surface area contributed by atoms with Gasteiger partial charge in [-0.3, -0.25) is 9.36 Å². The summed E-state index contributed by atoms with van der Waals surface area (Å²) in [6.45, 7) is 2.99. The smallest absolute Gasteiger partial charge is 0.261 e. The lowest BCUT2D eigenvalue weighted by Gasteiger charge is -2.10. The highest BCUT2D eigenvalue weighted by Gasteiger charge is 2.08. The summed E-state index contributed by atoms with van der Waals surface area (Å²) in [6.07, 6.45) is 0.896. The Labute approximate surface area is 93.7 Å². The molecule has 0 radical (unpaired) electrons. The van der Waals surface area contributed by atoms with Crippen molar-refractivity contribution in [3.8, 4) is 0 Å². The minimum Gasteiger partial charge on any atom is -0.324 e. The summed E-state index contributed by atoms with van der Waals surface area (Å²) < 4.78 is 1.67. The second-order valence-corrected chi connectivity index (χ2v) is 3.71. The highest BCUT2D eigenvalue weighted by atomic mass is 16.1. The van der Waals surface area contributed by atoms with Gasteiger partial charge in [0.15, 0.2) is 0 Å². The highest BCUT2D eigenvalue weighted by Crippen LogP contribution is 2.07. The van der Waals surface area contributed by atoms with Crippen molar-refractivity contribution in [2.45, 2.75) is 26.4 Å². The van der Waals surface area contributed by atoms with Crippen LogP contribution >= 0.6 is 0 Å². The van der Waals surface area contributed by atoms with E-state index in [1.54, 1.807) is 10.6 Å². The quantitative estimate of drug-likeness (QED) is 0.842. The molecule has 0 saturated heterocycles. The Balaban J connectivity index is 2.77. The third-order valence-corrected chi connectivity index (χ3v) is 2.57. The Morgan fingerprint density at radius 1 is 1.38 bits per heavy atom. The van der Waals surface area contributed by atoms with Crippen molar-refractivity contribution in [1.29, 1.82) is 0 Å². The minimum atomic E-state index is 0.00731. The molecule has 84 valence electrons. The van der Waals surface area contributed by atoms with Crippen molar-refractivity contribution in [1.82, 2.24) is 9.55 Å². The van der Waals surface area contributed by atoms with Gasteiger partial charge in [0, 0.05) is 6.54 Å². The van der Waals surface area contributed by atoms with E-state index in [1.165, 1.54) is 0 Å². The van der Waals surface area contributed by atoms with E-state index in [9.17, 15) is 4.79 Å². The van der Waals surface area contributed by atoms with Crippen molar-refractivity contribution in [2.75, 3.05) is 0 Å². The summed E-state index contributed by atoms with van der Waals surface area (Å²) in [5.74, 6) is 0.658. The predicted molar refractivity (Wildman–Crippen MR) is 64.2 cm³/mol. The van der Waals surface area contributed by atoms with Gasteiger partial charge in [0.05, 0.1) is 17.4 Å². The Morgan fingerprint density at radius 3 is 2.81 bits per heavy atom. The first-order valence-electron chi connectivity index (χ1n) is 5.46. The van der Waals surface area contributed by atoms with Crippen LogP contribution in [0.3, 0.4) is 0 Å². The summed E-state index contributed by atoms with van der Waals surface area (Å²) in [4.78, 5) is 16.6. The average molecular weight is 217 g/mol. The molecule has 0 fully saturated rings. The first-order chi connectivity index (χ1) is 7.77. The lowest BCUT2D eigenvalue weighted by atomic mass is 10.2. The number of benzene rings is 1. The molecule has 0 unspecified atom stereocenters. The molecule has 1 aromatic heterocycles. The van der Waals surface area contributed by atoms with Gasteiger partial charge in [-0.2, -0.15) is 0 Å². The number of para-hydroxylation sites is 1. The molecule has 0 bridgehead atoms. The summed E-state index contributed by atoms with van der Waals surface area (Å²) >= 11 is 0. The number of hydrogen-bond donors (Lipinski definition) is 1. The molecule has 0 aliphatic rings. The maximum Gasteiger partial charge on any atom is 0.261 e. The first-order valence-corrected chi connectivity index (χ1v) is 5.46. The maximum atomic E-state index is 12.2. The van der Waals surface area contributed by atoms with Gasteiger partial charge in [-0.05, 0) is 18.6 Å². The Bertz CT molecular complexity index is 560. The van der Waals surface area contributed by atoms with Crippen molar-refractivity contribution in [2.24, 2.45) is 5.73 Å². The standard InChI is InChI=1S/C12H15N3O/c1-2-7-15-11(8-13)14-10-6-4-3-5-9(10)12(15)16/h3-6H,2,7-8,13H2,1H3. The second-order valence-electron chi connectivity index (χ2n) is 3.71. The van der Waals surface area contributed by atoms with Crippen LogP contribution in [0.2, 0.25) is 0 Å². The van der Waals surface area contributed by atoms with Gasteiger partial charge in [-0.25, -0.2) is 4.98 Å². The van der Waals surface area contributed by atoms with Gasteiger partial charge >= 0.3 is 0 Å². The van der Waals surface area contributed by atoms with Crippen LogP contribution in [0, 0.1) is 0 Å². The third kappa shape index (κ3) is 1.72. The average Bonchev–Trinajstić information content (AvgIpc) is 2.33. The normalized spacial score (nSPS) is 10.9. The van der Waals surface area contributed by atoms with Crippen LogP contribution < -0.4 is 11.3 Å². The van der Waals surface area contributed by atoms with Crippen molar-refractivity contribution in [3.63, 3.8) is 0 Å². The monoisotopic (exact) mass is 217 g/mol. The molecule has 0 aliphatic heterocycles. The number of nitrogens with zero attached hydrogens (tertiary/aromatic N) is 2. The lowest BCUT2D eigenvalue weighted by Crippen LogP contribution is -2.26. The molecular weight excluding hydrogens is 202 g/mol. The number of nitrogens with two attached hydrogens (primary N) is 1. The van der Waals surface area contributed by atoms with Crippen molar-refractivity contribution >= 4 is 10.9 Å². The van der Waals surface area contributed by atoms with E-state index in [2.05, 4.69) is 4.98 Å². The van der Waals surface area contributed by atoms with E-state index >= 15 is 0 Å². The molecule has 2 rings (SSSR count). The molecule has 0 saturated carbocycles. The molecule has 0 aliphatic carbocycles. The number of fused-ring (bicyclic) bond motifs is 1. The van der Waals surface area contributed by atoms with Crippen LogP contribution in [0.1, 0.15) is 19.2 Å². The molecular formula is C12H15N3O. The SMILES string of the molecule is CCCn1c(CN)nc2ccccc2c1=O. The largest absolute Gasteiger partial charge is 0.324 e. The van der Waals surface area contributed by atoms with Gasteiger partial charge in [0.1, 0.15) is 5.82 Å². The van der Waals surface area contributed by atoms with Crippen molar-refractivity contribution < 1.29 is 0 Å². The number of rotatable bonds is 3. The van der Waals surface area contributed by atoms with Gasteiger partial charge in [0.2, 0.25) is 0 Å². The molecule has 4 nitrogen and oxygen atoms in total. The summed E-state index contributed by atoms with van der Waals surface area (Å²) in [5.41, 5.74) is 6.35. The van der Waals surface area contributed by atoms with Gasteiger partial charge < -0.3 is 5.73 Å². The maximum absolute atomic E-state index is 12.2.